The number of hydrogen-bond donors (Lipinski definition) is 0. The molecule has 6 fully saturated rings. The molecule has 4 saturated carbocycles. The highest BCUT2D eigenvalue weighted by atomic mass is 16.6. The summed E-state index contributed by atoms with van der Waals surface area (Å²) in [7, 11) is 0. The zero-order chi connectivity index (χ0) is 30.2. The van der Waals surface area contributed by atoms with Gasteiger partial charge in [0.15, 0.2) is 0 Å². The van der Waals surface area contributed by atoms with E-state index in [9.17, 15) is 19.2 Å². The van der Waals surface area contributed by atoms with Gasteiger partial charge in [-0.15, -0.1) is 0 Å². The highest BCUT2D eigenvalue weighted by Crippen LogP contribution is 2.71. The summed E-state index contributed by atoms with van der Waals surface area (Å²) in [6.07, 6.45) is 2.79. The van der Waals surface area contributed by atoms with Crippen LogP contribution in [0.25, 0.3) is 0 Å². The molecule has 0 radical (unpaired) electrons. The molecule has 0 bridgehead atoms. The number of carbonyl (C=O) groups excluding carboxylic acids is 4. The number of rotatable bonds is 0. The predicted octanol–water partition coefficient (Wildman–Crippen LogP) is 6.41. The molecule has 6 aliphatic rings. The van der Waals surface area contributed by atoms with Gasteiger partial charge < -0.3 is 9.47 Å². The van der Waals surface area contributed by atoms with Crippen LogP contribution >= 0.6 is 0 Å². The van der Waals surface area contributed by atoms with Gasteiger partial charge in [-0.2, -0.15) is 0 Å². The van der Waals surface area contributed by atoms with E-state index in [0.29, 0.717) is 34.5 Å². The third kappa shape index (κ3) is 4.21. The van der Waals surface area contributed by atoms with Gasteiger partial charge in [0.05, 0.1) is 22.9 Å². The van der Waals surface area contributed by atoms with E-state index in [1.165, 1.54) is 9.80 Å². The molecule has 4 aliphatic carbocycles. The lowest BCUT2D eigenvalue weighted by Gasteiger charge is -2.56. The van der Waals surface area contributed by atoms with Crippen LogP contribution in [0.1, 0.15) is 109 Å². The van der Waals surface area contributed by atoms with Crippen molar-refractivity contribution in [2.75, 3.05) is 0 Å². The first-order valence-electron chi connectivity index (χ1n) is 15.1. The molecule has 0 unspecified atom stereocenters. The fourth-order valence-electron chi connectivity index (χ4n) is 8.78. The zero-order valence-electron chi connectivity index (χ0n) is 26.6. The smallest absolute Gasteiger partial charge is 0.417 e. The largest absolute Gasteiger partial charge is 0.443 e. The Morgan fingerprint density at radius 1 is 0.625 bits per heavy atom. The van der Waals surface area contributed by atoms with Gasteiger partial charge >= 0.3 is 12.2 Å². The van der Waals surface area contributed by atoms with E-state index in [1.807, 2.05) is 55.4 Å². The lowest BCUT2D eigenvalue weighted by atomic mass is 9.66. The molecule has 6 rings (SSSR count). The summed E-state index contributed by atoms with van der Waals surface area (Å²) >= 11 is 0. The van der Waals surface area contributed by atoms with E-state index in [4.69, 9.17) is 9.47 Å². The van der Waals surface area contributed by atoms with Gasteiger partial charge in [-0.05, 0) is 116 Å². The highest BCUT2D eigenvalue weighted by molar-refractivity contribution is 6.02. The summed E-state index contributed by atoms with van der Waals surface area (Å²) in [5, 5.41) is 0. The van der Waals surface area contributed by atoms with Crippen molar-refractivity contribution >= 4 is 24.0 Å². The maximum absolute atomic E-state index is 12.3. The van der Waals surface area contributed by atoms with E-state index in [0.717, 1.165) is 25.7 Å². The minimum absolute atomic E-state index is 0.0121. The van der Waals surface area contributed by atoms with Gasteiger partial charge in [0, 0.05) is 0 Å². The minimum atomic E-state index is -0.561. The zero-order valence-corrected chi connectivity index (χ0v) is 26.6. The summed E-state index contributed by atoms with van der Waals surface area (Å²) in [5.74, 6) is 2.54. The fourth-order valence-corrected chi connectivity index (χ4v) is 8.78. The van der Waals surface area contributed by atoms with Gasteiger partial charge in [-0.1, -0.05) is 27.7 Å². The Balaban J connectivity index is 0.000000161. The number of hydrogen-bond acceptors (Lipinski definition) is 6. The number of nitrogens with zero attached hydrogens (tertiary/aromatic N) is 2. The molecule has 0 aromatic rings. The van der Waals surface area contributed by atoms with E-state index in [-0.39, 0.29) is 34.7 Å². The van der Waals surface area contributed by atoms with Crippen LogP contribution in [0.4, 0.5) is 9.59 Å². The van der Waals surface area contributed by atoms with Crippen LogP contribution in [0.15, 0.2) is 0 Å². The summed E-state index contributed by atoms with van der Waals surface area (Å²) in [6, 6.07) is 0. The van der Waals surface area contributed by atoms with Gasteiger partial charge in [0.25, 0.3) is 0 Å². The Hall–Kier alpha value is -2.12. The fraction of sp³-hybridized carbons (Fsp3) is 0.875. The molecular weight excluding hydrogens is 508 g/mol. The summed E-state index contributed by atoms with van der Waals surface area (Å²) in [6.45, 7) is 24.2. The van der Waals surface area contributed by atoms with Crippen LogP contribution in [-0.4, -0.2) is 56.1 Å². The Kier molecular flexibility index (Phi) is 6.06. The average molecular weight is 559 g/mol. The van der Waals surface area contributed by atoms with Crippen molar-refractivity contribution in [2.24, 2.45) is 46.3 Å². The van der Waals surface area contributed by atoms with Crippen LogP contribution in [0, 0.1) is 46.3 Å². The van der Waals surface area contributed by atoms with Crippen LogP contribution in [0.5, 0.6) is 0 Å². The quantitative estimate of drug-likeness (QED) is 0.319. The molecule has 2 aliphatic heterocycles. The van der Waals surface area contributed by atoms with Crippen molar-refractivity contribution in [3.8, 4) is 0 Å². The Labute approximate surface area is 239 Å². The number of β-lactam (4-membered cyclic amide) rings is 2. The second-order valence-corrected chi connectivity index (χ2v) is 17.1. The lowest BCUT2D eigenvalue weighted by molar-refractivity contribution is -0.172. The third-order valence-electron chi connectivity index (χ3n) is 11.5. The molecule has 40 heavy (non-hydrogen) atoms. The van der Waals surface area contributed by atoms with Crippen molar-refractivity contribution in [1.29, 1.82) is 0 Å². The van der Waals surface area contributed by atoms with Crippen LogP contribution in [0.3, 0.4) is 0 Å². The number of ether oxygens (including phenoxy) is 2. The van der Waals surface area contributed by atoms with Crippen molar-refractivity contribution in [3.05, 3.63) is 0 Å². The van der Waals surface area contributed by atoms with E-state index < -0.39 is 23.4 Å². The molecule has 8 nitrogen and oxygen atoms in total. The average Bonchev–Trinajstić information content (AvgIpc) is 3.49. The Morgan fingerprint density at radius 3 is 1.20 bits per heavy atom. The molecule has 8 heteroatoms. The summed E-state index contributed by atoms with van der Waals surface area (Å²) < 4.78 is 10.8. The first-order valence-corrected chi connectivity index (χ1v) is 15.1. The number of imide groups is 2. The van der Waals surface area contributed by atoms with E-state index in [2.05, 4.69) is 27.7 Å². The number of fused-ring (bicyclic) bond motifs is 4. The Bertz CT molecular complexity index is 1070. The molecule has 2 saturated heterocycles. The highest BCUT2D eigenvalue weighted by Gasteiger charge is 2.73. The van der Waals surface area contributed by atoms with Crippen molar-refractivity contribution < 1.29 is 28.7 Å². The van der Waals surface area contributed by atoms with E-state index >= 15 is 0 Å². The maximum Gasteiger partial charge on any atom is 0.417 e. The van der Waals surface area contributed by atoms with Crippen LogP contribution < -0.4 is 0 Å². The number of carbonyl (C=O) groups is 4. The Morgan fingerprint density at radius 2 is 0.925 bits per heavy atom. The monoisotopic (exact) mass is 558 g/mol. The van der Waals surface area contributed by atoms with Crippen molar-refractivity contribution in [2.45, 2.75) is 131 Å². The third-order valence-corrected chi connectivity index (χ3v) is 11.5. The summed E-state index contributed by atoms with van der Waals surface area (Å²) in [5.41, 5.74) is -1.10. The minimum Gasteiger partial charge on any atom is -0.443 e. The standard InChI is InChI=1S/2C16H25NO3/c2*1-14(2,3)20-13(19)17-12(18)10-7-9-11(15(9,4)5)8-16(10,17)6/h2*9-11H,7-8H2,1-6H3/t2*9-,10+,11+,16+/m10/s1. The van der Waals surface area contributed by atoms with Crippen molar-refractivity contribution in [3.63, 3.8) is 0 Å². The molecular formula is C32H50N2O6. The van der Waals surface area contributed by atoms with Crippen LogP contribution in [-0.2, 0) is 19.1 Å². The first kappa shape index (κ1) is 29.4. The molecule has 0 spiro atoms. The molecule has 0 aromatic carbocycles. The van der Waals surface area contributed by atoms with Gasteiger partial charge in [0.1, 0.15) is 11.2 Å². The second kappa shape index (κ2) is 8.25. The molecule has 4 amide bonds. The van der Waals surface area contributed by atoms with Gasteiger partial charge in [-0.3, -0.25) is 9.59 Å². The second-order valence-electron chi connectivity index (χ2n) is 17.1. The topological polar surface area (TPSA) is 93.2 Å². The molecule has 0 N–H and O–H groups in total. The predicted molar refractivity (Wildman–Crippen MR) is 150 cm³/mol. The van der Waals surface area contributed by atoms with Crippen molar-refractivity contribution in [1.82, 2.24) is 9.80 Å². The van der Waals surface area contributed by atoms with E-state index in [1.54, 1.807) is 0 Å². The number of amides is 4. The SMILES string of the molecule is CC(C)(C)OC(=O)N1C(=O)[C@@H]2C[C@@H]3[C@H](C[C@@]21C)C3(C)C.CC(C)(C)OC(=O)N1C(=O)[C@H]2C[C@H]3[C@@H](C[C@]21C)C3(C)C. The van der Waals surface area contributed by atoms with Gasteiger partial charge in [0.2, 0.25) is 11.8 Å². The van der Waals surface area contributed by atoms with Crippen LogP contribution in [0.2, 0.25) is 0 Å². The number of likely N-dealkylation sites (tertiary alicyclic amines) is 2. The molecule has 2 heterocycles. The normalized spacial score (nSPS) is 41.4. The first-order chi connectivity index (χ1) is 18.0. The maximum atomic E-state index is 12.3. The summed E-state index contributed by atoms with van der Waals surface area (Å²) in [4.78, 5) is 52.0. The van der Waals surface area contributed by atoms with Gasteiger partial charge in [-0.25, -0.2) is 19.4 Å². The molecule has 224 valence electrons. The lowest BCUT2D eigenvalue weighted by Crippen LogP contribution is -2.72. The molecule has 8 atom stereocenters. The molecule has 0 aromatic heterocycles.